The van der Waals surface area contributed by atoms with E-state index in [2.05, 4.69) is 33.6 Å². The Morgan fingerprint density at radius 2 is 1.79 bits per heavy atom. The Bertz CT molecular complexity index is 992. The topological polar surface area (TPSA) is 166 Å². The van der Waals surface area contributed by atoms with E-state index in [-0.39, 0.29) is 24.5 Å². The number of carbonyl (C=O) groups excluding carboxylic acids is 3. The lowest BCUT2D eigenvalue weighted by molar-refractivity contribution is -0.142. The highest BCUT2D eigenvalue weighted by Gasteiger charge is 2.26. The van der Waals surface area contributed by atoms with Gasteiger partial charge in [-0.3, -0.25) is 14.4 Å². The molecule has 7 N–H and O–H groups in total. The van der Waals surface area contributed by atoms with Crippen molar-refractivity contribution in [1.82, 2.24) is 20.9 Å². The van der Waals surface area contributed by atoms with Gasteiger partial charge in [-0.15, -0.1) is 0 Å². The first-order chi connectivity index (χ1) is 15.6. The fraction of sp³-hybridized carbons (Fsp3) is 0.455. The predicted molar refractivity (Wildman–Crippen MR) is 128 cm³/mol. The number of benzene rings is 1. The van der Waals surface area contributed by atoms with Crippen molar-refractivity contribution < 1.29 is 24.3 Å². The summed E-state index contributed by atoms with van der Waals surface area (Å²) in [7, 11) is 0. The van der Waals surface area contributed by atoms with Gasteiger partial charge in [0.1, 0.15) is 12.1 Å². The van der Waals surface area contributed by atoms with Gasteiger partial charge in [0, 0.05) is 29.3 Å². The number of aliphatic carboxylic acids is 1. The SMILES string of the molecule is CC(C)CC(NC(=O)CNC(=O)C(Cc1c[nH]c2ccccc12)NC(=O)C(N)CS)C(=O)O. The number of carboxylic acid groups (broad SMARTS) is 1. The summed E-state index contributed by atoms with van der Waals surface area (Å²) < 4.78 is 0. The fourth-order valence-electron chi connectivity index (χ4n) is 3.32. The Morgan fingerprint density at radius 3 is 2.42 bits per heavy atom. The first-order valence-corrected chi connectivity index (χ1v) is 11.3. The van der Waals surface area contributed by atoms with Crippen LogP contribution >= 0.6 is 12.6 Å². The van der Waals surface area contributed by atoms with E-state index in [9.17, 15) is 24.3 Å². The van der Waals surface area contributed by atoms with E-state index < -0.39 is 48.4 Å². The number of aromatic amines is 1. The van der Waals surface area contributed by atoms with Gasteiger partial charge >= 0.3 is 5.97 Å². The second-order valence-electron chi connectivity index (χ2n) is 8.22. The molecule has 10 nitrogen and oxygen atoms in total. The molecule has 1 heterocycles. The van der Waals surface area contributed by atoms with E-state index in [0.29, 0.717) is 0 Å². The number of amides is 3. The van der Waals surface area contributed by atoms with Gasteiger partial charge in [-0.05, 0) is 24.0 Å². The van der Waals surface area contributed by atoms with Crippen LogP contribution in [0.3, 0.4) is 0 Å². The van der Waals surface area contributed by atoms with Gasteiger partial charge in [-0.25, -0.2) is 4.79 Å². The normalized spacial score (nSPS) is 13.8. The van der Waals surface area contributed by atoms with Crippen LogP contribution in [0, 0.1) is 5.92 Å². The molecule has 0 saturated carbocycles. The van der Waals surface area contributed by atoms with Crippen molar-refractivity contribution in [2.75, 3.05) is 12.3 Å². The fourth-order valence-corrected chi connectivity index (χ4v) is 3.49. The van der Waals surface area contributed by atoms with E-state index >= 15 is 0 Å². The second-order valence-corrected chi connectivity index (χ2v) is 8.58. The van der Waals surface area contributed by atoms with Gasteiger partial charge in [0.15, 0.2) is 0 Å². The van der Waals surface area contributed by atoms with E-state index in [4.69, 9.17) is 5.73 Å². The highest BCUT2D eigenvalue weighted by atomic mass is 32.1. The molecule has 2 rings (SSSR count). The summed E-state index contributed by atoms with van der Waals surface area (Å²) in [6, 6.07) is 4.58. The summed E-state index contributed by atoms with van der Waals surface area (Å²) in [5, 5.41) is 17.7. The van der Waals surface area contributed by atoms with Gasteiger partial charge in [0.05, 0.1) is 12.6 Å². The molecule has 3 amide bonds. The van der Waals surface area contributed by atoms with Crippen LogP contribution in [0.1, 0.15) is 25.8 Å². The number of para-hydroxylation sites is 1. The molecular weight excluding hydrogens is 446 g/mol. The molecule has 3 unspecified atom stereocenters. The number of carboxylic acids is 1. The third-order valence-corrected chi connectivity index (χ3v) is 5.42. The number of nitrogens with two attached hydrogens (primary N) is 1. The molecule has 0 aliphatic carbocycles. The van der Waals surface area contributed by atoms with Crippen LogP contribution in [0.5, 0.6) is 0 Å². The molecule has 0 bridgehead atoms. The quantitative estimate of drug-likeness (QED) is 0.215. The zero-order chi connectivity index (χ0) is 24.5. The molecule has 1 aromatic heterocycles. The van der Waals surface area contributed by atoms with Crippen molar-refractivity contribution in [3.8, 4) is 0 Å². The van der Waals surface area contributed by atoms with E-state index in [1.165, 1.54) is 0 Å². The average molecular weight is 478 g/mol. The number of H-pyrrole nitrogens is 1. The van der Waals surface area contributed by atoms with Crippen LogP contribution in [0.4, 0.5) is 0 Å². The number of hydrogen-bond donors (Lipinski definition) is 7. The van der Waals surface area contributed by atoms with E-state index in [1.54, 1.807) is 6.20 Å². The molecule has 0 fully saturated rings. The smallest absolute Gasteiger partial charge is 0.326 e. The molecule has 0 spiro atoms. The van der Waals surface area contributed by atoms with Crippen LogP contribution in [0.25, 0.3) is 10.9 Å². The Morgan fingerprint density at radius 1 is 1.09 bits per heavy atom. The number of nitrogens with one attached hydrogen (secondary N) is 4. The highest BCUT2D eigenvalue weighted by molar-refractivity contribution is 7.80. The largest absolute Gasteiger partial charge is 0.480 e. The third-order valence-electron chi connectivity index (χ3n) is 5.03. The third kappa shape index (κ3) is 7.79. The highest BCUT2D eigenvalue weighted by Crippen LogP contribution is 2.19. The van der Waals surface area contributed by atoms with E-state index in [1.807, 2.05) is 38.1 Å². The van der Waals surface area contributed by atoms with Gasteiger partial charge in [0.2, 0.25) is 17.7 Å². The van der Waals surface area contributed by atoms with Gasteiger partial charge in [0.25, 0.3) is 0 Å². The van der Waals surface area contributed by atoms with Crippen molar-refractivity contribution in [2.45, 2.75) is 44.8 Å². The Balaban J connectivity index is 2.08. The van der Waals surface area contributed by atoms with Crippen LogP contribution in [0.2, 0.25) is 0 Å². The van der Waals surface area contributed by atoms with Gasteiger partial charge < -0.3 is 31.8 Å². The summed E-state index contributed by atoms with van der Waals surface area (Å²) in [5.74, 6) is -2.76. The molecule has 0 aliphatic heterocycles. The molecule has 33 heavy (non-hydrogen) atoms. The number of carbonyl (C=O) groups is 4. The van der Waals surface area contributed by atoms with Gasteiger partial charge in [-0.2, -0.15) is 12.6 Å². The Kier molecular flexibility index (Phi) is 9.74. The number of thiol groups is 1. The first kappa shape index (κ1) is 26.2. The van der Waals surface area contributed by atoms with Crippen molar-refractivity contribution in [2.24, 2.45) is 11.7 Å². The van der Waals surface area contributed by atoms with Crippen molar-refractivity contribution in [1.29, 1.82) is 0 Å². The van der Waals surface area contributed by atoms with Crippen LogP contribution in [-0.2, 0) is 25.6 Å². The average Bonchev–Trinajstić information content (AvgIpc) is 3.18. The minimum Gasteiger partial charge on any atom is -0.480 e. The predicted octanol–water partition coefficient (Wildman–Crippen LogP) is 0.184. The number of fused-ring (bicyclic) bond motifs is 1. The lowest BCUT2D eigenvalue weighted by atomic mass is 10.0. The monoisotopic (exact) mass is 477 g/mol. The molecule has 1 aromatic carbocycles. The van der Waals surface area contributed by atoms with Crippen molar-refractivity contribution >= 4 is 47.2 Å². The summed E-state index contributed by atoms with van der Waals surface area (Å²) in [4.78, 5) is 51.9. The summed E-state index contributed by atoms with van der Waals surface area (Å²) in [6.45, 7) is 3.26. The minimum absolute atomic E-state index is 0.0628. The summed E-state index contributed by atoms with van der Waals surface area (Å²) in [6.07, 6.45) is 2.18. The molecule has 11 heteroatoms. The van der Waals surface area contributed by atoms with Gasteiger partial charge in [-0.1, -0.05) is 32.0 Å². The first-order valence-electron chi connectivity index (χ1n) is 10.6. The standard InChI is InChI=1S/C22H31N5O5S/c1-12(2)7-18(22(31)32)26-19(28)10-25-21(30)17(27-20(29)15(23)11-33)8-13-9-24-16-6-4-3-5-14(13)16/h3-6,9,12,15,17-18,24,33H,7-8,10-11,23H2,1-2H3,(H,25,30)(H,26,28)(H,27,29)(H,31,32). The molecule has 0 saturated heterocycles. The Hall–Kier alpha value is -3.05. The number of hydrogen-bond acceptors (Lipinski definition) is 6. The van der Waals surface area contributed by atoms with Crippen LogP contribution < -0.4 is 21.7 Å². The maximum Gasteiger partial charge on any atom is 0.326 e. The summed E-state index contributed by atoms with van der Waals surface area (Å²) in [5.41, 5.74) is 7.41. The van der Waals surface area contributed by atoms with Crippen LogP contribution in [0.15, 0.2) is 30.5 Å². The molecule has 0 radical (unpaired) electrons. The second kappa shape index (κ2) is 12.3. The molecule has 2 aromatic rings. The number of rotatable bonds is 12. The van der Waals surface area contributed by atoms with E-state index in [0.717, 1.165) is 16.5 Å². The maximum absolute atomic E-state index is 12.9. The Labute approximate surface area is 197 Å². The minimum atomic E-state index is -1.14. The van der Waals surface area contributed by atoms with Crippen LogP contribution in [-0.4, -0.2) is 64.2 Å². The van der Waals surface area contributed by atoms with Crippen molar-refractivity contribution in [3.63, 3.8) is 0 Å². The molecular formula is C22H31N5O5S. The zero-order valence-electron chi connectivity index (χ0n) is 18.6. The maximum atomic E-state index is 12.9. The summed E-state index contributed by atoms with van der Waals surface area (Å²) >= 11 is 4.01. The molecule has 180 valence electrons. The van der Waals surface area contributed by atoms with Crippen molar-refractivity contribution in [3.05, 3.63) is 36.0 Å². The molecule has 0 aliphatic rings. The number of aromatic nitrogens is 1. The lowest BCUT2D eigenvalue weighted by Crippen LogP contribution is -2.54. The molecule has 3 atom stereocenters. The zero-order valence-corrected chi connectivity index (χ0v) is 19.5. The lowest BCUT2D eigenvalue weighted by Gasteiger charge is -2.21.